The molecule has 13 rings (SSSR count). The van der Waals surface area contributed by atoms with Crippen molar-refractivity contribution in [3.8, 4) is 78.7 Å². The molecule has 1 spiro atoms. The van der Waals surface area contributed by atoms with E-state index in [0.29, 0.717) is 11.6 Å². The van der Waals surface area contributed by atoms with Crippen LogP contribution in [0.2, 0.25) is 0 Å². The lowest BCUT2D eigenvalue weighted by Gasteiger charge is -2.35. The summed E-state index contributed by atoms with van der Waals surface area (Å²) in [5.74, 6) is 1.24. The molecular formula is C57H34N4S. The molecule has 3 heterocycles. The molecule has 0 N–H and O–H groups in total. The maximum atomic E-state index is 5.34. The second-order valence-electron chi connectivity index (χ2n) is 16.1. The van der Waals surface area contributed by atoms with Gasteiger partial charge in [-0.05, 0) is 86.0 Å². The minimum absolute atomic E-state index is 0.574. The zero-order chi connectivity index (χ0) is 40.8. The summed E-state index contributed by atoms with van der Waals surface area (Å²) in [5, 5.41) is 2.59. The van der Waals surface area contributed by atoms with Crippen molar-refractivity contribution in [1.29, 1.82) is 0 Å². The Balaban J connectivity index is 1.10. The van der Waals surface area contributed by atoms with Gasteiger partial charge in [0.15, 0.2) is 11.6 Å². The number of nitrogens with zero attached hydrogens (tertiary/aromatic N) is 4. The Bertz CT molecular complexity index is 3580. The normalized spacial score (nSPS) is 14.5. The first-order valence-electron chi connectivity index (χ1n) is 20.9. The number of hydrogen-bond donors (Lipinski definition) is 0. The van der Waals surface area contributed by atoms with Crippen molar-refractivity contribution in [2.24, 2.45) is 0 Å². The molecule has 0 saturated carbocycles. The minimum Gasteiger partial charge on any atom is -0.236 e. The van der Waals surface area contributed by atoms with Crippen LogP contribution in [0.25, 0.3) is 98.8 Å². The first-order chi connectivity index (χ1) is 30.7. The molecule has 4 nitrogen and oxygen atoms in total. The maximum Gasteiger partial charge on any atom is 0.163 e. The van der Waals surface area contributed by atoms with E-state index in [0.717, 1.165) is 33.6 Å². The van der Waals surface area contributed by atoms with Crippen LogP contribution in [0.3, 0.4) is 0 Å². The lowest BCUT2D eigenvalue weighted by Crippen LogP contribution is -2.29. The highest BCUT2D eigenvalue weighted by molar-refractivity contribution is 7.25. The molecule has 0 fully saturated rings. The molecule has 0 radical (unpaired) electrons. The van der Waals surface area contributed by atoms with Gasteiger partial charge in [0.25, 0.3) is 0 Å². The molecule has 1 unspecified atom stereocenters. The lowest BCUT2D eigenvalue weighted by atomic mass is 9.65. The van der Waals surface area contributed by atoms with Gasteiger partial charge in [0.2, 0.25) is 0 Å². The number of benzene rings is 8. The van der Waals surface area contributed by atoms with E-state index in [1.165, 1.54) is 75.8 Å². The van der Waals surface area contributed by atoms with E-state index in [-0.39, 0.29) is 0 Å². The summed E-state index contributed by atoms with van der Waals surface area (Å²) in [6.45, 7) is 0. The number of thiophene rings is 1. The van der Waals surface area contributed by atoms with Crippen LogP contribution in [0.5, 0.6) is 0 Å². The summed E-state index contributed by atoms with van der Waals surface area (Å²) < 4.78 is 2.61. The highest BCUT2D eigenvalue weighted by Gasteiger charge is 2.50. The zero-order valence-corrected chi connectivity index (χ0v) is 34.1. The van der Waals surface area contributed by atoms with Gasteiger partial charge in [-0.1, -0.05) is 164 Å². The van der Waals surface area contributed by atoms with Crippen LogP contribution >= 0.6 is 11.3 Å². The molecule has 288 valence electrons. The molecule has 0 saturated heterocycles. The number of aromatic nitrogens is 4. The second kappa shape index (κ2) is 13.6. The number of hydrogen-bond acceptors (Lipinski definition) is 5. The summed E-state index contributed by atoms with van der Waals surface area (Å²) >= 11 is 1.88. The van der Waals surface area contributed by atoms with Gasteiger partial charge in [0.05, 0.1) is 22.4 Å². The van der Waals surface area contributed by atoms with Gasteiger partial charge < -0.3 is 0 Å². The first kappa shape index (κ1) is 34.9. The third kappa shape index (κ3) is 5.12. The Morgan fingerprint density at radius 1 is 0.323 bits per heavy atom. The maximum absolute atomic E-state index is 5.34. The van der Waals surface area contributed by atoms with E-state index in [2.05, 4.69) is 158 Å². The molecule has 0 aliphatic heterocycles. The van der Waals surface area contributed by atoms with Crippen LogP contribution in [0, 0.1) is 0 Å². The predicted molar refractivity (Wildman–Crippen MR) is 254 cm³/mol. The smallest absolute Gasteiger partial charge is 0.163 e. The fourth-order valence-electron chi connectivity index (χ4n) is 10.1. The van der Waals surface area contributed by atoms with Crippen molar-refractivity contribution in [3.63, 3.8) is 0 Å². The van der Waals surface area contributed by atoms with E-state index in [1.807, 2.05) is 60.1 Å². The zero-order valence-electron chi connectivity index (χ0n) is 33.3. The Kier molecular flexibility index (Phi) is 7.66. The molecule has 62 heavy (non-hydrogen) atoms. The Hall–Kier alpha value is -7.86. The summed E-state index contributed by atoms with van der Waals surface area (Å²) in [6.07, 6.45) is 3.68. The van der Waals surface area contributed by atoms with Crippen molar-refractivity contribution in [2.45, 2.75) is 5.41 Å². The molecule has 1 atom stereocenters. The summed E-state index contributed by atoms with van der Waals surface area (Å²) in [7, 11) is 0. The Morgan fingerprint density at radius 2 is 0.871 bits per heavy atom. The average Bonchev–Trinajstić information content (AvgIpc) is 3.83. The van der Waals surface area contributed by atoms with Crippen LogP contribution in [0.15, 0.2) is 207 Å². The molecule has 2 aliphatic rings. The van der Waals surface area contributed by atoms with Crippen molar-refractivity contribution in [3.05, 3.63) is 229 Å². The van der Waals surface area contributed by atoms with Crippen molar-refractivity contribution in [2.75, 3.05) is 0 Å². The van der Waals surface area contributed by atoms with E-state index in [1.54, 1.807) is 0 Å². The molecular weight excluding hydrogens is 773 g/mol. The largest absolute Gasteiger partial charge is 0.236 e. The molecule has 3 aromatic heterocycles. The van der Waals surface area contributed by atoms with Crippen molar-refractivity contribution < 1.29 is 0 Å². The first-order valence-corrected chi connectivity index (χ1v) is 21.8. The van der Waals surface area contributed by atoms with Crippen LogP contribution in [0.4, 0.5) is 0 Å². The number of fused-ring (bicyclic) bond motifs is 15. The third-order valence-corrected chi connectivity index (χ3v) is 14.0. The van der Waals surface area contributed by atoms with Crippen molar-refractivity contribution >= 4 is 31.5 Å². The second-order valence-corrected chi connectivity index (χ2v) is 17.2. The van der Waals surface area contributed by atoms with Gasteiger partial charge in [-0.15, -0.1) is 11.3 Å². The molecule has 0 bridgehead atoms. The van der Waals surface area contributed by atoms with Gasteiger partial charge in [-0.2, -0.15) is 0 Å². The molecule has 8 aromatic carbocycles. The highest BCUT2D eigenvalue weighted by Crippen LogP contribution is 2.62. The third-order valence-electron chi connectivity index (χ3n) is 12.8. The van der Waals surface area contributed by atoms with E-state index in [4.69, 9.17) is 19.9 Å². The van der Waals surface area contributed by atoms with E-state index in [9.17, 15) is 0 Å². The molecule has 11 aromatic rings. The summed E-state index contributed by atoms with van der Waals surface area (Å²) in [4.78, 5) is 20.1. The van der Waals surface area contributed by atoms with Gasteiger partial charge in [0, 0.05) is 49.3 Å². The van der Waals surface area contributed by atoms with Crippen LogP contribution < -0.4 is 0 Å². The van der Waals surface area contributed by atoms with Crippen LogP contribution in [-0.4, -0.2) is 19.9 Å². The number of rotatable bonds is 4. The fraction of sp³-hybridized carbons (Fsp3) is 0.0175. The van der Waals surface area contributed by atoms with Crippen molar-refractivity contribution in [1.82, 2.24) is 19.9 Å². The lowest BCUT2D eigenvalue weighted by molar-refractivity contribution is 0.777. The van der Waals surface area contributed by atoms with Crippen LogP contribution in [-0.2, 0) is 5.41 Å². The predicted octanol–water partition coefficient (Wildman–Crippen LogP) is 14.3. The van der Waals surface area contributed by atoms with E-state index < -0.39 is 5.41 Å². The highest BCUT2D eigenvalue weighted by atomic mass is 32.1. The Morgan fingerprint density at radius 3 is 1.58 bits per heavy atom. The van der Waals surface area contributed by atoms with E-state index >= 15 is 0 Å². The monoisotopic (exact) mass is 806 g/mol. The quantitative estimate of drug-likeness (QED) is 0.178. The van der Waals surface area contributed by atoms with Gasteiger partial charge in [-0.3, -0.25) is 0 Å². The SMILES string of the molecule is c1ccc(-c2cc(-c3ccc4c(c3)C3(c5ccccc5-c5ccccc5-4)c4ccccc4-c4cc5sc6ccccc6c5cc43)nc(-c3cnc(-c4ccccc4)nc3)n2)cc1. The average molecular weight is 807 g/mol. The molecule has 5 heteroatoms. The molecule has 2 aliphatic carbocycles. The Labute approximate surface area is 362 Å². The van der Waals surface area contributed by atoms with Gasteiger partial charge in [0.1, 0.15) is 0 Å². The summed E-state index contributed by atoms with van der Waals surface area (Å²) in [6, 6.07) is 70.4. The topological polar surface area (TPSA) is 51.6 Å². The summed E-state index contributed by atoms with van der Waals surface area (Å²) in [5.41, 5.74) is 17.3. The van der Waals surface area contributed by atoms with Gasteiger partial charge in [-0.25, -0.2) is 19.9 Å². The van der Waals surface area contributed by atoms with Crippen LogP contribution in [0.1, 0.15) is 22.3 Å². The minimum atomic E-state index is -0.649. The fourth-order valence-corrected chi connectivity index (χ4v) is 11.3. The standard InChI is InChI=1S/C57H34N4S/c1-3-15-35(16-4-1)51-32-52(61-56(60-51)38-33-58-55(59-34-38)36-17-5-2-6-18-36)37-27-28-43-40-20-8-7-19-39(40)41-21-9-12-24-47(41)57(49(43)29-37)48-25-13-10-22-42(48)45-31-54-46(30-50(45)57)44-23-11-14-26-53(44)62-54/h1-34H. The van der Waals surface area contributed by atoms with Gasteiger partial charge >= 0.3 is 0 Å². The molecule has 0 amide bonds.